The number of hydrogen-bond donors (Lipinski definition) is 2. The summed E-state index contributed by atoms with van der Waals surface area (Å²) in [7, 11) is 0. The summed E-state index contributed by atoms with van der Waals surface area (Å²) in [6.45, 7) is 3.99. The van der Waals surface area contributed by atoms with E-state index in [9.17, 15) is 10.1 Å². The molecular weight excluding hydrogens is 400 g/mol. The van der Waals surface area contributed by atoms with Crippen molar-refractivity contribution in [2.75, 3.05) is 6.61 Å². The fourth-order valence-electron chi connectivity index (χ4n) is 4.03. The molecule has 6 nitrogen and oxygen atoms in total. The summed E-state index contributed by atoms with van der Waals surface area (Å²) in [6.07, 6.45) is 2.52. The second-order valence-corrected chi connectivity index (χ2v) is 7.68. The van der Waals surface area contributed by atoms with Gasteiger partial charge in [0.1, 0.15) is 5.82 Å². The molecule has 1 unspecified atom stereocenters. The maximum atomic E-state index is 13.0. The number of dihydropyridines is 1. The molecule has 0 bridgehead atoms. The van der Waals surface area contributed by atoms with Crippen LogP contribution in [0.1, 0.15) is 31.7 Å². The smallest absolute Gasteiger partial charge is 0.338 e. The highest BCUT2D eigenvalue weighted by molar-refractivity contribution is 5.96. The fourth-order valence-corrected chi connectivity index (χ4v) is 4.03. The van der Waals surface area contributed by atoms with E-state index in [0.717, 1.165) is 27.6 Å². The largest absolute Gasteiger partial charge is 0.462 e. The molecule has 2 aromatic carbocycles. The van der Waals surface area contributed by atoms with Crippen molar-refractivity contribution in [1.82, 2.24) is 10.3 Å². The maximum Gasteiger partial charge on any atom is 0.338 e. The first-order valence-corrected chi connectivity index (χ1v) is 10.5. The lowest BCUT2D eigenvalue weighted by Gasteiger charge is -2.28. The summed E-state index contributed by atoms with van der Waals surface area (Å²) >= 11 is 0. The lowest BCUT2D eigenvalue weighted by molar-refractivity contribution is -0.139. The molecule has 0 spiro atoms. The first-order valence-electron chi connectivity index (χ1n) is 10.5. The first kappa shape index (κ1) is 21.1. The molecule has 2 heterocycles. The average molecular weight is 425 g/mol. The second kappa shape index (κ2) is 8.94. The Bertz CT molecular complexity index is 1290. The van der Waals surface area contributed by atoms with Gasteiger partial charge in [0.2, 0.25) is 0 Å². The van der Waals surface area contributed by atoms with Crippen LogP contribution in [0.2, 0.25) is 0 Å². The minimum Gasteiger partial charge on any atom is -0.462 e. The van der Waals surface area contributed by atoms with Gasteiger partial charge in [0.15, 0.2) is 0 Å². The highest BCUT2D eigenvalue weighted by Gasteiger charge is 2.35. The summed E-state index contributed by atoms with van der Waals surface area (Å²) < 4.78 is 5.42. The SMILES string of the molecule is CCCOC(=O)C1=C(N)NC(C)=C(C#N)C1c1cccc2ncc(-c3ccccc3)cc12. The number of carbonyl (C=O) groups excluding carboxylic acids is 1. The van der Waals surface area contributed by atoms with Crippen molar-refractivity contribution in [3.05, 3.63) is 89.0 Å². The van der Waals surface area contributed by atoms with Crippen LogP contribution < -0.4 is 11.1 Å². The molecule has 0 aliphatic carbocycles. The van der Waals surface area contributed by atoms with Crippen LogP contribution in [-0.2, 0) is 9.53 Å². The molecule has 1 aliphatic heterocycles. The summed E-state index contributed by atoms with van der Waals surface area (Å²) in [6, 6.07) is 20.0. The number of benzene rings is 2. The average Bonchev–Trinajstić information content (AvgIpc) is 2.82. The lowest BCUT2D eigenvalue weighted by atomic mass is 9.80. The third kappa shape index (κ3) is 3.81. The van der Waals surface area contributed by atoms with Gasteiger partial charge in [0.05, 0.1) is 35.3 Å². The predicted octanol–water partition coefficient (Wildman–Crippen LogP) is 4.51. The second-order valence-electron chi connectivity index (χ2n) is 7.68. The third-order valence-corrected chi connectivity index (χ3v) is 5.55. The van der Waals surface area contributed by atoms with E-state index in [1.165, 1.54) is 0 Å². The minimum absolute atomic E-state index is 0.205. The number of allylic oxidation sites excluding steroid dienone is 2. The zero-order chi connectivity index (χ0) is 22.7. The minimum atomic E-state index is -0.651. The number of esters is 1. The van der Waals surface area contributed by atoms with Gasteiger partial charge >= 0.3 is 5.97 Å². The van der Waals surface area contributed by atoms with Gasteiger partial charge in [-0.1, -0.05) is 49.4 Å². The van der Waals surface area contributed by atoms with E-state index in [-0.39, 0.29) is 18.0 Å². The van der Waals surface area contributed by atoms with Crippen molar-refractivity contribution in [3.63, 3.8) is 0 Å². The quantitative estimate of drug-likeness (QED) is 0.585. The van der Waals surface area contributed by atoms with Crippen LogP contribution in [-0.4, -0.2) is 17.6 Å². The topological polar surface area (TPSA) is 101 Å². The number of carbonyl (C=O) groups is 1. The van der Waals surface area contributed by atoms with Crippen LogP contribution in [0.25, 0.3) is 22.0 Å². The monoisotopic (exact) mass is 424 g/mol. The number of fused-ring (bicyclic) bond motifs is 1. The van der Waals surface area contributed by atoms with Crippen LogP contribution in [0.15, 0.2) is 83.5 Å². The summed E-state index contributed by atoms with van der Waals surface area (Å²) in [4.78, 5) is 17.6. The van der Waals surface area contributed by atoms with Crippen LogP contribution in [0, 0.1) is 11.3 Å². The number of nitriles is 1. The Labute approximate surface area is 187 Å². The van der Waals surface area contributed by atoms with Gasteiger partial charge in [-0.3, -0.25) is 4.98 Å². The summed E-state index contributed by atoms with van der Waals surface area (Å²) in [5.41, 5.74) is 11.1. The molecular formula is C26H24N4O2. The molecule has 1 aromatic heterocycles. The Balaban J connectivity index is 1.93. The Kier molecular flexibility index (Phi) is 5.91. The third-order valence-electron chi connectivity index (χ3n) is 5.55. The molecule has 3 aromatic rings. The molecule has 1 aliphatic rings. The number of nitrogens with two attached hydrogens (primary N) is 1. The molecule has 32 heavy (non-hydrogen) atoms. The standard InChI is InChI=1S/C26H24N4O2/c1-3-12-32-26(31)24-23(21(14-27)16(2)30-25(24)28)19-10-7-11-22-20(19)13-18(15-29-22)17-8-5-4-6-9-17/h4-11,13,15,23,30H,3,12,28H2,1-2H3. The van der Waals surface area contributed by atoms with Gasteiger partial charge in [-0.15, -0.1) is 0 Å². The van der Waals surface area contributed by atoms with E-state index in [1.807, 2.05) is 67.7 Å². The van der Waals surface area contributed by atoms with Gasteiger partial charge in [-0.05, 0) is 36.6 Å². The number of ether oxygens (including phenoxy) is 1. The zero-order valence-corrected chi connectivity index (χ0v) is 18.1. The molecule has 4 rings (SSSR count). The van der Waals surface area contributed by atoms with Crippen LogP contribution in [0.5, 0.6) is 0 Å². The Morgan fingerprint density at radius 3 is 2.69 bits per heavy atom. The number of aromatic nitrogens is 1. The van der Waals surface area contributed by atoms with Gasteiger partial charge < -0.3 is 15.8 Å². The first-order chi connectivity index (χ1) is 15.5. The van der Waals surface area contributed by atoms with Gasteiger partial charge in [-0.25, -0.2) is 4.79 Å². The van der Waals surface area contributed by atoms with Crippen LogP contribution in [0.4, 0.5) is 0 Å². The normalized spacial score (nSPS) is 16.0. The van der Waals surface area contributed by atoms with Crippen molar-refractivity contribution >= 4 is 16.9 Å². The van der Waals surface area contributed by atoms with Crippen molar-refractivity contribution in [2.24, 2.45) is 5.73 Å². The Morgan fingerprint density at radius 1 is 1.19 bits per heavy atom. The number of nitrogens with one attached hydrogen (secondary N) is 1. The molecule has 1 atom stereocenters. The van der Waals surface area contributed by atoms with Crippen molar-refractivity contribution in [2.45, 2.75) is 26.2 Å². The highest BCUT2D eigenvalue weighted by Crippen LogP contribution is 2.40. The van der Waals surface area contributed by atoms with Gasteiger partial charge in [0, 0.05) is 22.8 Å². The van der Waals surface area contributed by atoms with E-state index < -0.39 is 11.9 Å². The van der Waals surface area contributed by atoms with E-state index >= 15 is 0 Å². The molecule has 3 N–H and O–H groups in total. The maximum absolute atomic E-state index is 13.0. The van der Waals surface area contributed by atoms with Crippen molar-refractivity contribution < 1.29 is 9.53 Å². The number of hydrogen-bond acceptors (Lipinski definition) is 6. The van der Waals surface area contributed by atoms with Crippen molar-refractivity contribution in [1.29, 1.82) is 5.26 Å². The van der Waals surface area contributed by atoms with Crippen LogP contribution in [0.3, 0.4) is 0 Å². The lowest BCUT2D eigenvalue weighted by Crippen LogP contribution is -2.33. The number of nitrogens with zero attached hydrogens (tertiary/aromatic N) is 2. The molecule has 6 heteroatoms. The van der Waals surface area contributed by atoms with Gasteiger partial charge in [0.25, 0.3) is 0 Å². The predicted molar refractivity (Wildman–Crippen MR) is 124 cm³/mol. The number of rotatable bonds is 5. The zero-order valence-electron chi connectivity index (χ0n) is 18.1. The van der Waals surface area contributed by atoms with Crippen LogP contribution >= 0.6 is 0 Å². The molecule has 0 saturated carbocycles. The molecule has 0 radical (unpaired) electrons. The van der Waals surface area contributed by atoms with E-state index in [2.05, 4.69) is 16.4 Å². The Hall–Kier alpha value is -4.11. The molecule has 0 fully saturated rings. The summed E-state index contributed by atoms with van der Waals surface area (Å²) in [5.74, 6) is -0.967. The highest BCUT2D eigenvalue weighted by atomic mass is 16.5. The van der Waals surface area contributed by atoms with E-state index in [4.69, 9.17) is 10.5 Å². The van der Waals surface area contributed by atoms with E-state index in [0.29, 0.717) is 17.7 Å². The Morgan fingerprint density at radius 2 is 1.97 bits per heavy atom. The fraction of sp³-hybridized carbons (Fsp3) is 0.192. The molecule has 0 saturated heterocycles. The molecule has 0 amide bonds. The van der Waals surface area contributed by atoms with Gasteiger partial charge in [-0.2, -0.15) is 5.26 Å². The van der Waals surface area contributed by atoms with E-state index in [1.54, 1.807) is 6.92 Å². The summed E-state index contributed by atoms with van der Waals surface area (Å²) in [5, 5.41) is 13.8. The molecule has 160 valence electrons. The van der Waals surface area contributed by atoms with Crippen molar-refractivity contribution in [3.8, 4) is 17.2 Å². The number of pyridine rings is 1.